The standard InChI is InChI=1S/C25H26N2O5S/c1-17(29)25-26-12-13-27(25)21(14-28)9-4-18-2-5-19(6-3-18)20-7-10-22(11-8-20)33(31)24-16-32-15-23(24)30/h2-3,5-8,10-13,17,21,23-24,28-30H,14-16H2,1H3/t17-,21?,23+,24?,33?/m0/s1. The number of imidazole rings is 1. The lowest BCUT2D eigenvalue weighted by atomic mass is 10.0. The first-order chi connectivity index (χ1) is 16.0. The van der Waals surface area contributed by atoms with E-state index in [0.717, 1.165) is 16.7 Å². The van der Waals surface area contributed by atoms with Crippen LogP contribution in [0.25, 0.3) is 11.1 Å². The molecule has 8 heteroatoms. The molecule has 4 rings (SSSR count). The summed E-state index contributed by atoms with van der Waals surface area (Å²) in [4.78, 5) is 4.79. The van der Waals surface area contributed by atoms with Crippen molar-refractivity contribution in [3.05, 3.63) is 72.3 Å². The Labute approximate surface area is 195 Å². The van der Waals surface area contributed by atoms with Crippen molar-refractivity contribution >= 4 is 10.8 Å². The highest BCUT2D eigenvalue weighted by atomic mass is 32.2. The van der Waals surface area contributed by atoms with Gasteiger partial charge in [-0.25, -0.2) is 4.98 Å². The van der Waals surface area contributed by atoms with Gasteiger partial charge >= 0.3 is 0 Å². The SMILES string of the molecule is C[C@H](O)c1nccn1C(C#Cc1ccc(-c2ccc(S(=O)C3COC[C@H]3O)cc2)cc1)CO. The Hall–Kier alpha value is -2.80. The molecule has 33 heavy (non-hydrogen) atoms. The van der Waals surface area contributed by atoms with E-state index in [0.29, 0.717) is 17.3 Å². The average Bonchev–Trinajstić information content (AvgIpc) is 3.49. The summed E-state index contributed by atoms with van der Waals surface area (Å²) < 4.78 is 19.5. The summed E-state index contributed by atoms with van der Waals surface area (Å²) in [6, 6.07) is 14.7. The molecule has 7 nitrogen and oxygen atoms in total. The first-order valence-electron chi connectivity index (χ1n) is 10.7. The van der Waals surface area contributed by atoms with Crippen LogP contribution in [0.3, 0.4) is 0 Å². The zero-order valence-corrected chi connectivity index (χ0v) is 19.0. The molecule has 3 aromatic rings. The van der Waals surface area contributed by atoms with Crippen LogP contribution in [-0.4, -0.2) is 60.3 Å². The van der Waals surface area contributed by atoms with Gasteiger partial charge in [0.1, 0.15) is 18.0 Å². The molecule has 1 aliphatic heterocycles. The van der Waals surface area contributed by atoms with E-state index in [1.54, 1.807) is 23.9 Å². The van der Waals surface area contributed by atoms with E-state index in [-0.39, 0.29) is 13.2 Å². The second-order valence-corrected chi connectivity index (χ2v) is 9.55. The second kappa shape index (κ2) is 10.4. The Morgan fingerprint density at radius 1 is 1.15 bits per heavy atom. The van der Waals surface area contributed by atoms with Gasteiger partial charge in [-0.2, -0.15) is 0 Å². The Morgan fingerprint density at radius 3 is 2.39 bits per heavy atom. The van der Waals surface area contributed by atoms with E-state index in [2.05, 4.69) is 16.8 Å². The fourth-order valence-electron chi connectivity index (χ4n) is 3.71. The number of benzene rings is 2. The molecule has 0 spiro atoms. The number of ether oxygens (including phenoxy) is 1. The van der Waals surface area contributed by atoms with Crippen LogP contribution in [0.2, 0.25) is 0 Å². The summed E-state index contributed by atoms with van der Waals surface area (Å²) in [6.45, 7) is 1.96. The molecule has 1 aliphatic rings. The fourth-order valence-corrected chi connectivity index (χ4v) is 5.05. The molecule has 3 unspecified atom stereocenters. The van der Waals surface area contributed by atoms with Crippen LogP contribution in [0.15, 0.2) is 65.8 Å². The third kappa shape index (κ3) is 5.24. The average molecular weight is 467 g/mol. The van der Waals surface area contributed by atoms with Gasteiger partial charge in [0.2, 0.25) is 0 Å². The lowest BCUT2D eigenvalue weighted by molar-refractivity contribution is 0.127. The molecule has 0 bridgehead atoms. The molecule has 5 atom stereocenters. The van der Waals surface area contributed by atoms with Crippen LogP contribution < -0.4 is 0 Å². The van der Waals surface area contributed by atoms with E-state index >= 15 is 0 Å². The molecule has 3 N–H and O–H groups in total. The third-order valence-corrected chi connectivity index (χ3v) is 7.28. The molecule has 2 heterocycles. The van der Waals surface area contributed by atoms with E-state index in [1.165, 1.54) is 0 Å². The van der Waals surface area contributed by atoms with Gasteiger partial charge in [0.05, 0.1) is 42.0 Å². The highest BCUT2D eigenvalue weighted by Crippen LogP contribution is 2.24. The predicted molar refractivity (Wildman–Crippen MR) is 125 cm³/mol. The van der Waals surface area contributed by atoms with Crippen molar-refractivity contribution in [2.45, 2.75) is 35.3 Å². The molecular weight excluding hydrogens is 440 g/mol. The summed E-state index contributed by atoms with van der Waals surface area (Å²) in [5.74, 6) is 6.57. The van der Waals surface area contributed by atoms with E-state index in [4.69, 9.17) is 4.74 Å². The number of aliphatic hydroxyl groups excluding tert-OH is 3. The molecule has 0 saturated carbocycles. The second-order valence-electron chi connectivity index (χ2n) is 7.88. The van der Waals surface area contributed by atoms with Crippen LogP contribution in [0, 0.1) is 11.8 Å². The van der Waals surface area contributed by atoms with Crippen molar-refractivity contribution in [2.75, 3.05) is 19.8 Å². The molecule has 1 fully saturated rings. The van der Waals surface area contributed by atoms with E-state index in [9.17, 15) is 19.5 Å². The Balaban J connectivity index is 1.46. The largest absolute Gasteiger partial charge is 0.393 e. The highest BCUT2D eigenvalue weighted by molar-refractivity contribution is 7.85. The van der Waals surface area contributed by atoms with Crippen LogP contribution in [0.4, 0.5) is 0 Å². The maximum atomic E-state index is 12.7. The third-order valence-electron chi connectivity index (χ3n) is 5.54. The molecule has 172 valence electrons. The van der Waals surface area contributed by atoms with Crippen molar-refractivity contribution < 1.29 is 24.3 Å². The van der Waals surface area contributed by atoms with Gasteiger partial charge in [0, 0.05) is 22.9 Å². The molecule has 0 aliphatic carbocycles. The summed E-state index contributed by atoms with van der Waals surface area (Å²) in [7, 11) is -1.32. The lowest BCUT2D eigenvalue weighted by Gasteiger charge is -2.14. The first-order valence-corrected chi connectivity index (χ1v) is 11.9. The summed E-state index contributed by atoms with van der Waals surface area (Å²) in [6.07, 6.45) is 1.82. The van der Waals surface area contributed by atoms with Gasteiger partial charge in [0.15, 0.2) is 0 Å². The van der Waals surface area contributed by atoms with Gasteiger partial charge in [-0.05, 0) is 42.3 Å². The van der Waals surface area contributed by atoms with Crippen LogP contribution in [-0.2, 0) is 15.5 Å². The minimum atomic E-state index is -1.32. The van der Waals surface area contributed by atoms with Crippen molar-refractivity contribution in [2.24, 2.45) is 0 Å². The smallest absolute Gasteiger partial charge is 0.138 e. The number of aliphatic hydroxyl groups is 3. The van der Waals surface area contributed by atoms with Gasteiger partial charge in [-0.15, -0.1) is 0 Å². The summed E-state index contributed by atoms with van der Waals surface area (Å²) in [5, 5.41) is 29.1. The van der Waals surface area contributed by atoms with Crippen LogP contribution >= 0.6 is 0 Å². The Morgan fingerprint density at radius 2 is 1.82 bits per heavy atom. The van der Waals surface area contributed by atoms with E-state index < -0.39 is 34.3 Å². The van der Waals surface area contributed by atoms with Crippen LogP contribution in [0.1, 0.15) is 30.5 Å². The summed E-state index contributed by atoms with van der Waals surface area (Å²) in [5.41, 5.74) is 2.77. The van der Waals surface area contributed by atoms with Gasteiger partial charge in [0.25, 0.3) is 0 Å². The molecular formula is C25H26N2O5S. The van der Waals surface area contributed by atoms with Gasteiger partial charge in [-0.1, -0.05) is 36.1 Å². The number of hydrogen-bond acceptors (Lipinski definition) is 6. The lowest BCUT2D eigenvalue weighted by Crippen LogP contribution is -2.28. The van der Waals surface area contributed by atoms with Crippen molar-refractivity contribution in [1.29, 1.82) is 0 Å². The van der Waals surface area contributed by atoms with Crippen LogP contribution in [0.5, 0.6) is 0 Å². The molecule has 1 aromatic heterocycles. The zero-order valence-electron chi connectivity index (χ0n) is 18.2. The van der Waals surface area contributed by atoms with Crippen molar-refractivity contribution in [3.63, 3.8) is 0 Å². The number of aromatic nitrogens is 2. The molecule has 1 saturated heterocycles. The first kappa shape index (κ1) is 23.4. The zero-order chi connectivity index (χ0) is 23.4. The Bertz CT molecular complexity index is 1160. The fraction of sp³-hybridized carbons (Fsp3) is 0.320. The minimum absolute atomic E-state index is 0.196. The van der Waals surface area contributed by atoms with Gasteiger partial charge < -0.3 is 24.6 Å². The summed E-state index contributed by atoms with van der Waals surface area (Å²) >= 11 is 0. The maximum Gasteiger partial charge on any atom is 0.138 e. The number of nitrogens with zero attached hydrogens (tertiary/aromatic N) is 2. The Kier molecular flexibility index (Phi) is 7.38. The molecule has 0 amide bonds. The maximum absolute atomic E-state index is 12.7. The van der Waals surface area contributed by atoms with Crippen molar-refractivity contribution in [1.82, 2.24) is 9.55 Å². The number of rotatable bonds is 6. The monoisotopic (exact) mass is 466 g/mol. The normalized spacial score (nSPS) is 20.6. The van der Waals surface area contributed by atoms with Gasteiger partial charge in [-0.3, -0.25) is 4.21 Å². The predicted octanol–water partition coefficient (Wildman–Crippen LogP) is 2.06. The number of hydrogen-bond donors (Lipinski definition) is 3. The molecule has 0 radical (unpaired) electrons. The minimum Gasteiger partial charge on any atom is -0.393 e. The van der Waals surface area contributed by atoms with Crippen molar-refractivity contribution in [3.8, 4) is 23.0 Å². The molecule has 2 aromatic carbocycles. The van der Waals surface area contributed by atoms with E-state index in [1.807, 2.05) is 48.5 Å². The quantitative estimate of drug-likeness (QED) is 0.481. The highest BCUT2D eigenvalue weighted by Gasteiger charge is 2.32. The topological polar surface area (TPSA) is 105 Å².